The van der Waals surface area contributed by atoms with Gasteiger partial charge < -0.3 is 20.2 Å². The van der Waals surface area contributed by atoms with E-state index < -0.39 is 11.7 Å². The molecule has 12 bridgehead atoms. The largest absolute Gasteiger partial charge is 0.507 e. The first-order chi connectivity index (χ1) is 26.9. The second kappa shape index (κ2) is 12.6. The van der Waals surface area contributed by atoms with E-state index in [4.69, 9.17) is 9.97 Å². The van der Waals surface area contributed by atoms with Crippen LogP contribution < -0.4 is 0 Å². The van der Waals surface area contributed by atoms with Gasteiger partial charge in [-0.25, -0.2) is 9.97 Å². The van der Waals surface area contributed by atoms with Gasteiger partial charge in [0, 0.05) is 60.3 Å². The Bertz CT molecular complexity index is 3120. The number of nitrogens with one attached hydrogen (secondary N) is 2. The van der Waals surface area contributed by atoms with Gasteiger partial charge in [-0.2, -0.15) is 13.2 Å². The molecule has 4 N–H and O–H groups in total. The maximum absolute atomic E-state index is 13.7. The van der Waals surface area contributed by atoms with Crippen LogP contribution >= 0.6 is 0 Å². The summed E-state index contributed by atoms with van der Waals surface area (Å²) in [7, 11) is 0. The number of hydrogen-bond donors (Lipinski definition) is 4. The van der Waals surface area contributed by atoms with Crippen molar-refractivity contribution in [1.29, 1.82) is 0 Å². The third kappa shape index (κ3) is 6.22. The second-order valence-electron chi connectivity index (χ2n) is 17.1. The van der Waals surface area contributed by atoms with Crippen molar-refractivity contribution < 1.29 is 23.4 Å². The first-order valence-electron chi connectivity index (χ1n) is 19.0. The summed E-state index contributed by atoms with van der Waals surface area (Å²) in [6.07, 6.45) is -2.00. The Morgan fingerprint density at radius 2 is 1.11 bits per heavy atom. The molecule has 0 amide bonds. The lowest BCUT2D eigenvalue weighted by atomic mass is 9.79. The van der Waals surface area contributed by atoms with Crippen molar-refractivity contribution in [3.63, 3.8) is 0 Å². The maximum atomic E-state index is 13.7. The first-order valence-corrected chi connectivity index (χ1v) is 19.0. The molecule has 5 aromatic heterocycles. The lowest BCUT2D eigenvalue weighted by molar-refractivity contribution is -0.137. The molecule has 1 aliphatic rings. The minimum absolute atomic E-state index is 0.0364. The number of benzene rings is 3. The number of H-pyrrole nitrogens is 2. The number of aromatic amines is 2. The zero-order chi connectivity index (χ0) is 40.2. The molecule has 0 saturated carbocycles. The Kier molecular flexibility index (Phi) is 8.01. The van der Waals surface area contributed by atoms with Gasteiger partial charge in [-0.1, -0.05) is 83.5 Å². The number of aromatic nitrogens is 4. The van der Waals surface area contributed by atoms with Crippen LogP contribution in [0.5, 0.6) is 11.5 Å². The number of rotatable bonds is 1. The van der Waals surface area contributed by atoms with Crippen LogP contribution in [-0.4, -0.2) is 30.1 Å². The van der Waals surface area contributed by atoms with E-state index in [0.29, 0.717) is 83.6 Å². The summed E-state index contributed by atoms with van der Waals surface area (Å²) in [5, 5.41) is 27.2. The molecule has 0 radical (unpaired) electrons. The lowest BCUT2D eigenvalue weighted by Crippen LogP contribution is -2.14. The van der Waals surface area contributed by atoms with E-state index in [1.807, 2.05) is 78.9 Å². The number of phenolic OH excluding ortho intramolecular Hbond substituents is 1. The van der Waals surface area contributed by atoms with Gasteiger partial charge in [0.15, 0.2) is 0 Å². The van der Waals surface area contributed by atoms with E-state index in [-0.39, 0.29) is 22.3 Å². The van der Waals surface area contributed by atoms with E-state index >= 15 is 0 Å². The second-order valence-corrected chi connectivity index (χ2v) is 17.1. The van der Waals surface area contributed by atoms with Gasteiger partial charge in [-0.15, -0.1) is 0 Å². The van der Waals surface area contributed by atoms with Gasteiger partial charge in [0.1, 0.15) is 11.5 Å². The number of phenols is 1. The molecule has 0 aliphatic heterocycles. The minimum Gasteiger partial charge on any atom is -0.507 e. The molecule has 0 unspecified atom stereocenters. The third-order valence-electron chi connectivity index (χ3n) is 11.3. The minimum atomic E-state index is -4.50. The van der Waals surface area contributed by atoms with Gasteiger partial charge in [0.05, 0.1) is 27.6 Å². The number of fused-ring (bicyclic) bond motifs is 14. The highest BCUT2D eigenvalue weighted by molar-refractivity contribution is 6.07. The molecule has 8 aromatic rings. The summed E-state index contributed by atoms with van der Waals surface area (Å²) < 4.78 is 41.2. The van der Waals surface area contributed by atoms with Crippen molar-refractivity contribution in [2.45, 2.75) is 59.6 Å². The van der Waals surface area contributed by atoms with E-state index in [1.54, 1.807) is 0 Å². The monoisotopic (exact) mass is 762 g/mol. The molecule has 0 fully saturated rings. The average molecular weight is 763 g/mol. The van der Waals surface area contributed by atoms with Crippen LogP contribution in [0.3, 0.4) is 0 Å². The van der Waals surface area contributed by atoms with Gasteiger partial charge in [-0.3, -0.25) is 0 Å². The molecular formula is C48H41F3N4O2. The number of alkyl halides is 3. The Morgan fingerprint density at radius 1 is 0.561 bits per heavy atom. The van der Waals surface area contributed by atoms with E-state index in [2.05, 4.69) is 51.5 Å². The van der Waals surface area contributed by atoms with Gasteiger partial charge in [0.2, 0.25) is 0 Å². The summed E-state index contributed by atoms with van der Waals surface area (Å²) in [4.78, 5) is 17.4. The van der Waals surface area contributed by atoms with Crippen LogP contribution in [0, 0.1) is 5.41 Å². The molecule has 1 aliphatic carbocycles. The highest BCUT2D eigenvalue weighted by Gasteiger charge is 2.30. The molecular weight excluding hydrogens is 722 g/mol. The maximum Gasteiger partial charge on any atom is 0.416 e. The summed E-state index contributed by atoms with van der Waals surface area (Å²) in [6, 6.07) is 28.4. The summed E-state index contributed by atoms with van der Waals surface area (Å²) >= 11 is 0. The molecule has 0 spiro atoms. The fourth-order valence-corrected chi connectivity index (χ4v) is 7.86. The van der Waals surface area contributed by atoms with Crippen molar-refractivity contribution in [2.75, 3.05) is 0 Å². The number of aromatic hydroxyl groups is 2. The lowest BCUT2D eigenvalue weighted by Gasteiger charge is -2.27. The summed E-state index contributed by atoms with van der Waals surface area (Å²) in [5.74, 6) is 0.123. The Balaban J connectivity index is 1.50. The van der Waals surface area contributed by atoms with Gasteiger partial charge in [0.25, 0.3) is 0 Å². The standard InChI is InChI=1S/C48H41F3N4O2/c1-46(2,3)29-21-31-35-17-19-39(52-35)41(25-9-13-28(14-10-25)48(49,50)51)40-20-18-36(53-40)32-22-30(47(4,5)6)24-34(45(32)57)38-16-12-27-8-7-26-11-15-37(33(23-29)44(31)56)54-42(26)43(27)55-38/h7-23,52-53,56-57H,24H2,1-6H3. The molecule has 286 valence electrons. The molecule has 0 atom stereocenters. The van der Waals surface area contributed by atoms with Crippen LogP contribution in [0.25, 0.3) is 82.9 Å². The molecule has 5 heterocycles. The van der Waals surface area contributed by atoms with Crippen molar-refractivity contribution in [3.05, 3.63) is 125 Å². The van der Waals surface area contributed by atoms with Crippen LogP contribution in [-0.2, 0) is 18.0 Å². The Morgan fingerprint density at radius 3 is 1.72 bits per heavy atom. The molecule has 9 rings (SSSR count). The predicted molar refractivity (Wildman–Crippen MR) is 226 cm³/mol. The third-order valence-corrected chi connectivity index (χ3v) is 11.3. The Labute approximate surface area is 326 Å². The number of pyridine rings is 2. The predicted octanol–water partition coefficient (Wildman–Crippen LogP) is 13.1. The highest BCUT2D eigenvalue weighted by atomic mass is 19.4. The zero-order valence-corrected chi connectivity index (χ0v) is 32.4. The zero-order valence-electron chi connectivity index (χ0n) is 32.4. The molecule has 0 saturated heterocycles. The molecule has 57 heavy (non-hydrogen) atoms. The normalized spacial score (nSPS) is 13.5. The topological polar surface area (TPSA) is 97.8 Å². The quantitative estimate of drug-likeness (QED) is 0.125. The number of halogens is 3. The SMILES string of the molecule is CC(C)(C)C1=Cc2c(O)c(c3ccc4ccc5ccc(nc5c4n3)c3cc(C(C)(C)C)cc(c3O)c3ccc([nH]3)c(-c3ccc(C(F)(F)F)cc3)c3ccc2[nH]3)C1. The van der Waals surface area contributed by atoms with Crippen LogP contribution in [0.1, 0.15) is 63.8 Å². The van der Waals surface area contributed by atoms with Crippen molar-refractivity contribution >= 4 is 71.8 Å². The summed E-state index contributed by atoms with van der Waals surface area (Å²) in [5.41, 5.74) is 8.20. The Hall–Kier alpha value is -6.35. The number of allylic oxidation sites excluding steroid dienone is 1. The fraction of sp³-hybridized carbons (Fsp3) is 0.208. The van der Waals surface area contributed by atoms with Crippen molar-refractivity contribution in [3.8, 4) is 22.6 Å². The molecule has 9 heteroatoms. The fourth-order valence-electron chi connectivity index (χ4n) is 7.86. The van der Waals surface area contributed by atoms with Crippen LogP contribution in [0.15, 0.2) is 103 Å². The van der Waals surface area contributed by atoms with Crippen LogP contribution in [0.2, 0.25) is 0 Å². The van der Waals surface area contributed by atoms with Gasteiger partial charge >= 0.3 is 6.18 Å². The van der Waals surface area contributed by atoms with E-state index in [0.717, 1.165) is 34.0 Å². The number of hydrogen-bond acceptors (Lipinski definition) is 4. The van der Waals surface area contributed by atoms with E-state index in [1.165, 1.54) is 12.1 Å². The molecule has 3 aromatic carbocycles. The van der Waals surface area contributed by atoms with Crippen molar-refractivity contribution in [1.82, 2.24) is 19.9 Å². The van der Waals surface area contributed by atoms with E-state index in [9.17, 15) is 23.4 Å². The molecule has 6 nitrogen and oxygen atoms in total. The highest BCUT2D eigenvalue weighted by Crippen LogP contribution is 2.43. The summed E-state index contributed by atoms with van der Waals surface area (Å²) in [6.45, 7) is 12.7. The van der Waals surface area contributed by atoms with Crippen LogP contribution in [0.4, 0.5) is 13.2 Å². The average Bonchev–Trinajstić information content (AvgIpc) is 3.84. The first kappa shape index (κ1) is 36.3. The van der Waals surface area contributed by atoms with Crippen molar-refractivity contribution in [2.24, 2.45) is 5.41 Å². The number of nitrogens with zero attached hydrogens (tertiary/aromatic N) is 2. The van der Waals surface area contributed by atoms with Gasteiger partial charge in [-0.05, 0) is 95.1 Å². The smallest absolute Gasteiger partial charge is 0.416 e.